The zero-order chi connectivity index (χ0) is 18.6. The first-order chi connectivity index (χ1) is 13.2. The van der Waals surface area contributed by atoms with E-state index in [4.69, 9.17) is 16.3 Å². The molecule has 4 rings (SSSR count). The summed E-state index contributed by atoms with van der Waals surface area (Å²) in [5, 5.41) is 11.2. The third-order valence-electron chi connectivity index (χ3n) is 5.68. The van der Waals surface area contributed by atoms with Gasteiger partial charge in [-0.25, -0.2) is 0 Å². The number of piperazine rings is 1. The molecule has 1 saturated heterocycles. The smallest absolute Gasteiger partial charge is 0.137 e. The monoisotopic (exact) mass is 387 g/mol. The van der Waals surface area contributed by atoms with Crippen LogP contribution in [0.4, 0.5) is 5.69 Å². The first-order valence-corrected chi connectivity index (χ1v) is 10.3. The summed E-state index contributed by atoms with van der Waals surface area (Å²) in [6.45, 7) is 5.08. The number of nitrogens with zero attached hydrogens (tertiary/aromatic N) is 1. The van der Waals surface area contributed by atoms with Crippen LogP contribution in [-0.4, -0.2) is 50.5 Å². The van der Waals surface area contributed by atoms with Crippen molar-refractivity contribution < 1.29 is 14.7 Å². The molecule has 2 aromatic rings. The average molecular weight is 388 g/mol. The summed E-state index contributed by atoms with van der Waals surface area (Å²) in [4.78, 5) is 3.79. The lowest BCUT2D eigenvalue weighted by molar-refractivity contribution is -0.903. The number of anilines is 1. The molecular weight excluding hydrogens is 360 g/mol. The van der Waals surface area contributed by atoms with Crippen molar-refractivity contribution in [3.8, 4) is 5.75 Å². The minimum atomic E-state index is -0.439. The summed E-state index contributed by atoms with van der Waals surface area (Å²) in [5.41, 5.74) is 4.04. The molecule has 2 aliphatic rings. The Morgan fingerprint density at radius 3 is 2.70 bits per heavy atom. The number of fused-ring (bicyclic) bond motifs is 1. The van der Waals surface area contributed by atoms with Crippen LogP contribution < -0.4 is 14.5 Å². The lowest BCUT2D eigenvalue weighted by atomic mass is 10.1. The van der Waals surface area contributed by atoms with Crippen molar-refractivity contribution in [2.75, 3.05) is 44.2 Å². The standard InChI is InChI=1S/C22H27ClN2O2/c23-19-5-2-6-20(14-19)25-11-9-24(10-12-25)15-21(26)16-27-22-8-7-17-3-1-4-18(17)13-22/h2,5-8,13-14,21,26H,1,3-4,9-12,15-16H2/p+1/t21-/m0/s1. The first kappa shape index (κ1) is 18.6. The molecule has 0 radical (unpaired) electrons. The molecule has 1 aliphatic carbocycles. The Hall–Kier alpha value is -1.75. The van der Waals surface area contributed by atoms with Gasteiger partial charge in [-0.2, -0.15) is 0 Å². The fraction of sp³-hybridized carbons (Fsp3) is 0.455. The van der Waals surface area contributed by atoms with Crippen LogP contribution in [0.25, 0.3) is 0 Å². The summed E-state index contributed by atoms with van der Waals surface area (Å²) < 4.78 is 5.85. The minimum absolute atomic E-state index is 0.361. The van der Waals surface area contributed by atoms with Crippen molar-refractivity contribution in [3.05, 3.63) is 58.6 Å². The molecule has 0 saturated carbocycles. The number of nitrogens with one attached hydrogen (secondary N) is 1. The van der Waals surface area contributed by atoms with E-state index in [1.165, 1.54) is 34.6 Å². The highest BCUT2D eigenvalue weighted by Crippen LogP contribution is 2.26. The van der Waals surface area contributed by atoms with E-state index in [2.05, 4.69) is 23.1 Å². The number of ether oxygens (including phenoxy) is 1. The van der Waals surface area contributed by atoms with Crippen LogP contribution in [-0.2, 0) is 12.8 Å². The maximum atomic E-state index is 10.4. The van der Waals surface area contributed by atoms with Gasteiger partial charge in [0.05, 0.1) is 26.2 Å². The van der Waals surface area contributed by atoms with E-state index in [0.29, 0.717) is 6.61 Å². The number of aliphatic hydroxyl groups is 1. The Kier molecular flexibility index (Phi) is 5.86. The summed E-state index contributed by atoms with van der Waals surface area (Å²) in [6, 6.07) is 14.4. The summed E-state index contributed by atoms with van der Waals surface area (Å²) in [6.07, 6.45) is 3.14. The summed E-state index contributed by atoms with van der Waals surface area (Å²) >= 11 is 6.10. The molecule has 0 spiro atoms. The quantitative estimate of drug-likeness (QED) is 0.795. The normalized spacial score (nSPS) is 18.4. The number of halogens is 1. The Labute approximate surface area is 166 Å². The number of aliphatic hydroxyl groups excluding tert-OH is 1. The molecule has 2 aromatic carbocycles. The molecule has 0 unspecified atom stereocenters. The van der Waals surface area contributed by atoms with Gasteiger partial charge in [0.2, 0.25) is 0 Å². The molecule has 144 valence electrons. The lowest BCUT2D eigenvalue weighted by Crippen LogP contribution is -3.16. The zero-order valence-corrected chi connectivity index (χ0v) is 16.4. The molecule has 1 aliphatic heterocycles. The van der Waals surface area contributed by atoms with E-state index in [0.717, 1.165) is 49.9 Å². The molecule has 5 heteroatoms. The van der Waals surface area contributed by atoms with Crippen LogP contribution in [0.2, 0.25) is 5.02 Å². The maximum Gasteiger partial charge on any atom is 0.137 e. The van der Waals surface area contributed by atoms with E-state index in [1.54, 1.807) is 0 Å². The van der Waals surface area contributed by atoms with Gasteiger partial charge in [-0.1, -0.05) is 23.7 Å². The molecule has 27 heavy (non-hydrogen) atoms. The largest absolute Gasteiger partial charge is 0.491 e. The first-order valence-electron chi connectivity index (χ1n) is 9.94. The van der Waals surface area contributed by atoms with Crippen molar-refractivity contribution in [1.29, 1.82) is 0 Å². The van der Waals surface area contributed by atoms with Crippen LogP contribution >= 0.6 is 11.6 Å². The third-order valence-corrected chi connectivity index (χ3v) is 5.92. The van der Waals surface area contributed by atoms with Crippen molar-refractivity contribution in [2.24, 2.45) is 0 Å². The summed E-state index contributed by atoms with van der Waals surface area (Å²) in [5.74, 6) is 0.885. The van der Waals surface area contributed by atoms with Gasteiger partial charge in [-0.15, -0.1) is 0 Å². The second kappa shape index (κ2) is 8.51. The SMILES string of the molecule is O[C@H](COc1ccc2c(c1)CCC2)C[NH+]1CCN(c2cccc(Cl)c2)CC1. The Morgan fingerprint density at radius 1 is 1.07 bits per heavy atom. The van der Waals surface area contributed by atoms with E-state index < -0.39 is 6.10 Å². The van der Waals surface area contributed by atoms with Gasteiger partial charge in [-0.3, -0.25) is 0 Å². The van der Waals surface area contributed by atoms with Gasteiger partial charge >= 0.3 is 0 Å². The second-order valence-electron chi connectivity index (χ2n) is 7.67. The highest BCUT2D eigenvalue weighted by atomic mass is 35.5. The summed E-state index contributed by atoms with van der Waals surface area (Å²) in [7, 11) is 0. The van der Waals surface area contributed by atoms with Gasteiger partial charge in [0.25, 0.3) is 0 Å². The van der Waals surface area contributed by atoms with Crippen molar-refractivity contribution in [2.45, 2.75) is 25.4 Å². The Bertz CT molecular complexity index is 775. The topological polar surface area (TPSA) is 37.1 Å². The number of aryl methyl sites for hydroxylation is 2. The minimum Gasteiger partial charge on any atom is -0.491 e. The molecule has 4 nitrogen and oxygen atoms in total. The van der Waals surface area contributed by atoms with Crippen LogP contribution in [0.3, 0.4) is 0 Å². The van der Waals surface area contributed by atoms with Gasteiger partial charge in [0.1, 0.15) is 25.0 Å². The van der Waals surface area contributed by atoms with Crippen LogP contribution in [0.15, 0.2) is 42.5 Å². The Morgan fingerprint density at radius 2 is 1.89 bits per heavy atom. The zero-order valence-electron chi connectivity index (χ0n) is 15.7. The number of benzene rings is 2. The van der Waals surface area contributed by atoms with Crippen molar-refractivity contribution in [3.63, 3.8) is 0 Å². The van der Waals surface area contributed by atoms with Crippen LogP contribution in [0.5, 0.6) is 5.75 Å². The van der Waals surface area contributed by atoms with E-state index >= 15 is 0 Å². The second-order valence-corrected chi connectivity index (χ2v) is 8.11. The van der Waals surface area contributed by atoms with Crippen molar-refractivity contribution >= 4 is 17.3 Å². The van der Waals surface area contributed by atoms with Gasteiger partial charge in [-0.05, 0) is 60.7 Å². The van der Waals surface area contributed by atoms with Gasteiger partial charge in [0, 0.05) is 10.7 Å². The lowest BCUT2D eigenvalue weighted by Gasteiger charge is -2.34. The fourth-order valence-electron chi connectivity index (χ4n) is 4.18. The molecule has 0 bridgehead atoms. The van der Waals surface area contributed by atoms with E-state index in [9.17, 15) is 5.11 Å². The number of hydrogen-bond donors (Lipinski definition) is 2. The average Bonchev–Trinajstić information content (AvgIpc) is 3.15. The predicted molar refractivity (Wildman–Crippen MR) is 109 cm³/mol. The van der Waals surface area contributed by atoms with Gasteiger partial charge in [0.15, 0.2) is 0 Å². The predicted octanol–water partition coefficient (Wildman–Crippen LogP) is 1.97. The molecule has 1 heterocycles. The highest BCUT2D eigenvalue weighted by Gasteiger charge is 2.23. The van der Waals surface area contributed by atoms with Crippen LogP contribution in [0.1, 0.15) is 17.5 Å². The number of rotatable bonds is 6. The number of hydrogen-bond acceptors (Lipinski definition) is 3. The molecule has 0 aromatic heterocycles. The molecular formula is C22H28ClN2O2+. The van der Waals surface area contributed by atoms with Crippen LogP contribution in [0, 0.1) is 0 Å². The van der Waals surface area contributed by atoms with Crippen molar-refractivity contribution in [1.82, 2.24) is 0 Å². The van der Waals surface area contributed by atoms with E-state index in [1.807, 2.05) is 24.3 Å². The van der Waals surface area contributed by atoms with E-state index in [-0.39, 0.29) is 0 Å². The maximum absolute atomic E-state index is 10.4. The third kappa shape index (κ3) is 4.75. The van der Waals surface area contributed by atoms with Gasteiger partial charge < -0.3 is 19.6 Å². The highest BCUT2D eigenvalue weighted by molar-refractivity contribution is 6.30. The molecule has 0 amide bonds. The molecule has 2 N–H and O–H groups in total. The molecule has 1 fully saturated rings. The molecule has 1 atom stereocenters. The fourth-order valence-corrected chi connectivity index (χ4v) is 4.37. The Balaban J connectivity index is 1.22. The number of quaternary nitrogens is 1.